The van der Waals surface area contributed by atoms with Gasteiger partial charge in [-0.15, -0.1) is 0 Å². The first kappa shape index (κ1) is 27.3. The van der Waals surface area contributed by atoms with E-state index in [2.05, 4.69) is 5.32 Å². The predicted octanol–water partition coefficient (Wildman–Crippen LogP) is 5.39. The van der Waals surface area contributed by atoms with Crippen LogP contribution in [0.2, 0.25) is 0 Å². The minimum Gasteiger partial charge on any atom is -0.384 e. The van der Waals surface area contributed by atoms with Gasteiger partial charge in [0.05, 0.1) is 5.60 Å². The van der Waals surface area contributed by atoms with E-state index < -0.39 is 28.6 Å². The smallest absolute Gasteiger partial charge is 0.270 e. The van der Waals surface area contributed by atoms with Crippen molar-refractivity contribution in [3.63, 3.8) is 0 Å². The highest BCUT2D eigenvalue weighted by Crippen LogP contribution is 2.46. The number of carbonyl (C=O) groups excluding carboxylic acids is 2. The second kappa shape index (κ2) is 10.7. The number of allylic oxidation sites excluding steroid dienone is 3. The molecule has 2 aromatic rings. The van der Waals surface area contributed by atoms with Crippen molar-refractivity contribution in [2.75, 3.05) is 13.1 Å². The first-order chi connectivity index (χ1) is 16.9. The van der Waals surface area contributed by atoms with Crippen LogP contribution < -0.4 is 5.32 Å². The van der Waals surface area contributed by atoms with Crippen molar-refractivity contribution >= 4 is 11.8 Å². The van der Waals surface area contributed by atoms with E-state index in [4.69, 9.17) is 0 Å². The van der Waals surface area contributed by atoms with E-state index in [1.807, 2.05) is 64.1 Å². The SMILES string of the molecule is C/C=C\C/C(C)=C(\NC(=O)c1ccc(F)c(F)c1)C(=O)N1CC[C@](O)(c2ccc(C)cc2)C(C)(C)C1. The second-order valence-electron chi connectivity index (χ2n) is 10.1. The van der Waals surface area contributed by atoms with Crippen molar-refractivity contribution in [3.8, 4) is 0 Å². The molecule has 2 amide bonds. The predicted molar refractivity (Wildman–Crippen MR) is 136 cm³/mol. The van der Waals surface area contributed by atoms with Gasteiger partial charge in [0, 0.05) is 24.1 Å². The average Bonchev–Trinajstić information content (AvgIpc) is 2.84. The number of amides is 2. The third-order valence-electron chi connectivity index (χ3n) is 6.99. The van der Waals surface area contributed by atoms with Gasteiger partial charge in [0.25, 0.3) is 11.8 Å². The summed E-state index contributed by atoms with van der Waals surface area (Å²) in [5.41, 5.74) is 0.725. The molecule has 0 saturated carbocycles. The Bertz CT molecular complexity index is 1200. The molecule has 2 N–H and O–H groups in total. The molecule has 192 valence electrons. The maximum absolute atomic E-state index is 13.7. The Labute approximate surface area is 211 Å². The number of halogens is 2. The lowest BCUT2D eigenvalue weighted by atomic mass is 9.66. The van der Waals surface area contributed by atoms with Crippen molar-refractivity contribution in [2.24, 2.45) is 5.41 Å². The molecule has 0 bridgehead atoms. The number of piperidine rings is 1. The zero-order valence-corrected chi connectivity index (χ0v) is 21.5. The Morgan fingerprint density at radius 2 is 1.78 bits per heavy atom. The summed E-state index contributed by atoms with van der Waals surface area (Å²) in [6, 6.07) is 10.6. The Morgan fingerprint density at radius 3 is 2.36 bits per heavy atom. The van der Waals surface area contributed by atoms with Crippen LogP contribution in [-0.4, -0.2) is 34.9 Å². The van der Waals surface area contributed by atoms with Crippen LogP contribution in [0.3, 0.4) is 0 Å². The number of aryl methyl sites for hydroxylation is 1. The third-order valence-corrected chi connectivity index (χ3v) is 6.99. The molecule has 0 aliphatic carbocycles. The van der Waals surface area contributed by atoms with E-state index in [1.54, 1.807) is 11.8 Å². The number of nitrogens with zero attached hydrogens (tertiary/aromatic N) is 1. The lowest BCUT2D eigenvalue weighted by Crippen LogP contribution is -2.57. The monoisotopic (exact) mass is 496 g/mol. The van der Waals surface area contributed by atoms with Gasteiger partial charge in [-0.2, -0.15) is 0 Å². The van der Waals surface area contributed by atoms with Crippen LogP contribution in [0.25, 0.3) is 0 Å². The van der Waals surface area contributed by atoms with Gasteiger partial charge in [0.2, 0.25) is 0 Å². The number of nitrogens with one attached hydrogen (secondary N) is 1. The Balaban J connectivity index is 1.88. The highest BCUT2D eigenvalue weighted by Gasteiger charge is 2.50. The first-order valence-corrected chi connectivity index (χ1v) is 12.1. The highest BCUT2D eigenvalue weighted by molar-refractivity contribution is 6.03. The van der Waals surface area contributed by atoms with E-state index >= 15 is 0 Å². The quantitative estimate of drug-likeness (QED) is 0.416. The molecule has 36 heavy (non-hydrogen) atoms. The number of rotatable bonds is 6. The maximum Gasteiger partial charge on any atom is 0.270 e. The zero-order chi connectivity index (χ0) is 26.7. The summed E-state index contributed by atoms with van der Waals surface area (Å²) in [4.78, 5) is 28.2. The molecule has 0 unspecified atom stereocenters. The Morgan fingerprint density at radius 1 is 1.11 bits per heavy atom. The summed E-state index contributed by atoms with van der Waals surface area (Å²) in [5, 5.41) is 14.3. The number of carbonyl (C=O) groups is 2. The van der Waals surface area contributed by atoms with E-state index in [1.165, 1.54) is 6.07 Å². The second-order valence-corrected chi connectivity index (χ2v) is 10.1. The number of aliphatic hydroxyl groups is 1. The molecule has 0 spiro atoms. The maximum atomic E-state index is 13.7. The minimum absolute atomic E-state index is 0.0919. The number of hydrogen-bond donors (Lipinski definition) is 2. The van der Waals surface area contributed by atoms with E-state index in [9.17, 15) is 23.5 Å². The van der Waals surface area contributed by atoms with Crippen molar-refractivity contribution < 1.29 is 23.5 Å². The lowest BCUT2D eigenvalue weighted by Gasteiger charge is -2.50. The fraction of sp³-hybridized carbons (Fsp3) is 0.379. The topological polar surface area (TPSA) is 69.6 Å². The number of likely N-dealkylation sites (tertiary alicyclic amines) is 1. The molecule has 1 fully saturated rings. The molecule has 7 heteroatoms. The molecule has 1 heterocycles. The summed E-state index contributed by atoms with van der Waals surface area (Å²) in [6.45, 7) is 9.97. The van der Waals surface area contributed by atoms with Gasteiger partial charge < -0.3 is 15.3 Å². The van der Waals surface area contributed by atoms with Crippen LogP contribution in [-0.2, 0) is 10.4 Å². The van der Waals surface area contributed by atoms with Gasteiger partial charge in [-0.1, -0.05) is 55.8 Å². The molecule has 1 aliphatic rings. The summed E-state index contributed by atoms with van der Waals surface area (Å²) >= 11 is 0. The average molecular weight is 497 g/mol. The summed E-state index contributed by atoms with van der Waals surface area (Å²) in [7, 11) is 0. The largest absolute Gasteiger partial charge is 0.384 e. The van der Waals surface area contributed by atoms with Gasteiger partial charge >= 0.3 is 0 Å². The van der Waals surface area contributed by atoms with E-state index in [0.717, 1.165) is 23.3 Å². The molecule has 1 saturated heterocycles. The van der Waals surface area contributed by atoms with Crippen LogP contribution in [0.4, 0.5) is 8.78 Å². The normalized spacial score (nSPS) is 20.3. The van der Waals surface area contributed by atoms with Crippen molar-refractivity contribution in [2.45, 2.75) is 53.1 Å². The van der Waals surface area contributed by atoms with Gasteiger partial charge in [0.1, 0.15) is 5.70 Å². The zero-order valence-electron chi connectivity index (χ0n) is 21.5. The molecule has 1 atom stereocenters. The highest BCUT2D eigenvalue weighted by atomic mass is 19.2. The lowest BCUT2D eigenvalue weighted by molar-refractivity contribution is -0.150. The molecule has 0 aromatic heterocycles. The van der Waals surface area contributed by atoms with Crippen LogP contribution in [0.1, 0.15) is 62.0 Å². The summed E-state index contributed by atoms with van der Waals surface area (Å²) in [5.74, 6) is -3.28. The molecule has 2 aromatic carbocycles. The van der Waals surface area contributed by atoms with Gasteiger partial charge in [0.15, 0.2) is 11.6 Å². The summed E-state index contributed by atoms with van der Waals surface area (Å²) < 4.78 is 27.0. The Kier molecular flexibility index (Phi) is 8.14. The molecule has 1 aliphatic heterocycles. The molecule has 0 radical (unpaired) electrons. The fourth-order valence-electron chi connectivity index (χ4n) is 4.58. The van der Waals surface area contributed by atoms with Crippen molar-refractivity contribution in [1.82, 2.24) is 10.2 Å². The molecule has 3 rings (SSSR count). The van der Waals surface area contributed by atoms with Crippen LogP contribution in [0, 0.1) is 24.0 Å². The van der Waals surface area contributed by atoms with Crippen molar-refractivity contribution in [1.29, 1.82) is 0 Å². The number of hydrogen-bond acceptors (Lipinski definition) is 3. The van der Waals surface area contributed by atoms with E-state index in [-0.39, 0.29) is 30.3 Å². The standard InChI is InChI=1S/C29H34F2N2O3/c1-6-7-8-20(3)25(32-26(34)21-11-14-23(30)24(31)17-21)27(35)33-16-15-29(36,28(4,5)18-33)22-12-9-19(2)10-13-22/h6-7,9-14,17,36H,8,15-16,18H2,1-5H3,(H,32,34)/b7-6-,25-20-/t29-/m0/s1. The molecular formula is C29H34F2N2O3. The Hall–Kier alpha value is -3.32. The number of benzene rings is 2. The molecular weight excluding hydrogens is 462 g/mol. The van der Waals surface area contributed by atoms with E-state index in [0.29, 0.717) is 18.4 Å². The van der Waals surface area contributed by atoms with Gasteiger partial charge in [-0.05, 0) is 62.9 Å². The van der Waals surface area contributed by atoms with Crippen LogP contribution in [0.15, 0.2) is 65.9 Å². The van der Waals surface area contributed by atoms with Crippen LogP contribution >= 0.6 is 0 Å². The molecule has 5 nitrogen and oxygen atoms in total. The minimum atomic E-state index is -1.14. The van der Waals surface area contributed by atoms with Gasteiger partial charge in [-0.25, -0.2) is 8.78 Å². The van der Waals surface area contributed by atoms with Crippen LogP contribution in [0.5, 0.6) is 0 Å². The van der Waals surface area contributed by atoms with Crippen molar-refractivity contribution in [3.05, 3.63) is 94.2 Å². The van der Waals surface area contributed by atoms with Gasteiger partial charge in [-0.3, -0.25) is 9.59 Å². The fourth-order valence-corrected chi connectivity index (χ4v) is 4.58. The first-order valence-electron chi connectivity index (χ1n) is 12.1. The summed E-state index contributed by atoms with van der Waals surface area (Å²) in [6.07, 6.45) is 4.46. The third kappa shape index (κ3) is 5.57.